The van der Waals surface area contributed by atoms with Gasteiger partial charge >= 0.3 is 164 Å². The minimum absolute atomic E-state index is 0.0646. The van der Waals surface area contributed by atoms with Gasteiger partial charge < -0.3 is 0 Å². The van der Waals surface area contributed by atoms with Crippen molar-refractivity contribution in [3.8, 4) is 0 Å². The SMILES string of the molecule is CN(C)CC1CC(C[Se]c2ccccc2)(c2ccc(Br)cc2)OC1=O. The zero-order chi connectivity index (χ0) is 17.9. The Balaban J connectivity index is 1.86. The summed E-state index contributed by atoms with van der Waals surface area (Å²) in [7, 11) is 4.00. The molecule has 2 aromatic rings. The summed E-state index contributed by atoms with van der Waals surface area (Å²) in [6, 6.07) is 18.7. The van der Waals surface area contributed by atoms with Gasteiger partial charge in [-0.2, -0.15) is 0 Å². The third kappa shape index (κ3) is 4.53. The van der Waals surface area contributed by atoms with Gasteiger partial charge in [0.05, 0.1) is 0 Å². The molecule has 3 rings (SSSR count). The van der Waals surface area contributed by atoms with Gasteiger partial charge in [-0.25, -0.2) is 0 Å². The summed E-state index contributed by atoms with van der Waals surface area (Å²) >= 11 is 3.74. The molecule has 1 saturated heterocycles. The standard InChI is InChI=1S/C20H22BrNO2Se/c1-22(2)13-15-12-20(24-19(15)23,16-8-10-17(21)11-9-16)14-25-18-6-4-3-5-7-18/h3-11,15H,12-14H2,1-2H3. The van der Waals surface area contributed by atoms with Crippen LogP contribution in [0.3, 0.4) is 0 Å². The van der Waals surface area contributed by atoms with Crippen molar-refractivity contribution < 1.29 is 9.53 Å². The Hall–Kier alpha value is -1.13. The Labute approximate surface area is 164 Å². The Morgan fingerprint density at radius 3 is 2.48 bits per heavy atom. The molecule has 2 unspecified atom stereocenters. The molecule has 132 valence electrons. The Bertz CT molecular complexity index is 720. The second kappa shape index (κ2) is 8.05. The summed E-state index contributed by atoms with van der Waals surface area (Å²) in [5, 5.41) is 0.862. The number of ether oxygens (including phenoxy) is 1. The van der Waals surface area contributed by atoms with Crippen LogP contribution < -0.4 is 4.46 Å². The molecule has 0 aliphatic carbocycles. The van der Waals surface area contributed by atoms with Gasteiger partial charge in [-0.1, -0.05) is 0 Å². The molecule has 0 aromatic heterocycles. The first-order chi connectivity index (χ1) is 12.0. The van der Waals surface area contributed by atoms with E-state index in [-0.39, 0.29) is 26.8 Å². The molecule has 0 saturated carbocycles. The molecule has 1 aliphatic heterocycles. The van der Waals surface area contributed by atoms with Gasteiger partial charge in [-0.3, -0.25) is 0 Å². The van der Waals surface area contributed by atoms with Crippen molar-refractivity contribution in [2.45, 2.75) is 17.3 Å². The van der Waals surface area contributed by atoms with Crippen LogP contribution in [0.4, 0.5) is 0 Å². The molecule has 0 radical (unpaired) electrons. The summed E-state index contributed by atoms with van der Waals surface area (Å²) in [6.45, 7) is 0.732. The molecule has 1 fully saturated rings. The quantitative estimate of drug-likeness (QED) is 0.483. The van der Waals surface area contributed by atoms with E-state index in [4.69, 9.17) is 4.74 Å². The van der Waals surface area contributed by atoms with Crippen molar-refractivity contribution in [3.05, 3.63) is 64.6 Å². The third-order valence-electron chi connectivity index (χ3n) is 4.38. The molecule has 1 aliphatic rings. The number of cyclic esters (lactones) is 1. The summed E-state index contributed by atoms with van der Waals surface area (Å²) < 4.78 is 8.41. The van der Waals surface area contributed by atoms with Crippen LogP contribution in [0.15, 0.2) is 59.1 Å². The van der Waals surface area contributed by atoms with Crippen molar-refractivity contribution in [1.82, 2.24) is 4.90 Å². The first-order valence-corrected chi connectivity index (χ1v) is 11.2. The molecule has 0 spiro atoms. The van der Waals surface area contributed by atoms with Gasteiger partial charge in [0.2, 0.25) is 0 Å². The molecule has 1 heterocycles. The normalized spacial score (nSPS) is 23.0. The van der Waals surface area contributed by atoms with E-state index in [9.17, 15) is 4.79 Å². The number of benzene rings is 2. The number of hydrogen-bond donors (Lipinski definition) is 0. The van der Waals surface area contributed by atoms with Gasteiger partial charge in [-0.05, 0) is 0 Å². The van der Waals surface area contributed by atoms with Crippen molar-refractivity contribution in [3.63, 3.8) is 0 Å². The molecule has 0 N–H and O–H groups in total. The fourth-order valence-corrected chi connectivity index (χ4v) is 5.75. The molecule has 5 heteroatoms. The third-order valence-corrected chi connectivity index (χ3v) is 7.46. The van der Waals surface area contributed by atoms with Crippen LogP contribution in [0.5, 0.6) is 0 Å². The number of halogens is 1. The summed E-state index contributed by atoms with van der Waals surface area (Å²) in [6.07, 6.45) is 0.750. The molecule has 3 nitrogen and oxygen atoms in total. The van der Waals surface area contributed by atoms with Gasteiger partial charge in [0.25, 0.3) is 0 Å². The number of esters is 1. The number of carbonyl (C=O) groups excluding carboxylic acids is 1. The van der Waals surface area contributed by atoms with Crippen LogP contribution in [0.25, 0.3) is 0 Å². The van der Waals surface area contributed by atoms with Crippen LogP contribution in [0.1, 0.15) is 12.0 Å². The van der Waals surface area contributed by atoms with E-state index in [1.54, 1.807) is 0 Å². The molecule has 2 aromatic carbocycles. The van der Waals surface area contributed by atoms with Crippen LogP contribution in [0.2, 0.25) is 5.32 Å². The molecule has 25 heavy (non-hydrogen) atoms. The van der Waals surface area contributed by atoms with Gasteiger partial charge in [0.15, 0.2) is 0 Å². The Morgan fingerprint density at radius 2 is 1.84 bits per heavy atom. The predicted molar refractivity (Wildman–Crippen MR) is 105 cm³/mol. The second-order valence-corrected chi connectivity index (χ2v) is 9.80. The maximum atomic E-state index is 12.5. The topological polar surface area (TPSA) is 29.5 Å². The summed E-state index contributed by atoms with van der Waals surface area (Å²) in [5.41, 5.74) is 0.594. The predicted octanol–water partition coefficient (Wildman–Crippen LogP) is 3.22. The average Bonchev–Trinajstić information content (AvgIpc) is 2.91. The van der Waals surface area contributed by atoms with Crippen LogP contribution >= 0.6 is 15.9 Å². The van der Waals surface area contributed by atoms with Crippen molar-refractivity contribution >= 4 is 41.3 Å². The monoisotopic (exact) mass is 467 g/mol. The van der Waals surface area contributed by atoms with Crippen LogP contribution in [-0.4, -0.2) is 46.5 Å². The second-order valence-electron chi connectivity index (χ2n) is 6.69. The molecule has 2 atom stereocenters. The molecular weight excluding hydrogens is 445 g/mol. The number of nitrogens with zero attached hydrogens (tertiary/aromatic N) is 1. The van der Waals surface area contributed by atoms with E-state index in [1.165, 1.54) is 4.46 Å². The van der Waals surface area contributed by atoms with E-state index >= 15 is 0 Å². The Morgan fingerprint density at radius 1 is 1.16 bits per heavy atom. The van der Waals surface area contributed by atoms with E-state index in [2.05, 4.69) is 57.2 Å². The minimum atomic E-state index is -0.506. The number of hydrogen-bond acceptors (Lipinski definition) is 3. The van der Waals surface area contributed by atoms with Gasteiger partial charge in [0, 0.05) is 0 Å². The van der Waals surface area contributed by atoms with Gasteiger partial charge in [0.1, 0.15) is 0 Å². The average molecular weight is 467 g/mol. The molecule has 0 amide bonds. The fourth-order valence-electron chi connectivity index (χ4n) is 3.20. The summed E-state index contributed by atoms with van der Waals surface area (Å²) in [5.74, 6) is -0.134. The summed E-state index contributed by atoms with van der Waals surface area (Å²) in [4.78, 5) is 14.6. The fraction of sp³-hybridized carbons (Fsp3) is 0.350. The van der Waals surface area contributed by atoms with Crippen molar-refractivity contribution in [1.29, 1.82) is 0 Å². The number of rotatable bonds is 6. The van der Waals surface area contributed by atoms with Crippen molar-refractivity contribution in [2.75, 3.05) is 20.6 Å². The van der Waals surface area contributed by atoms with Crippen LogP contribution in [-0.2, 0) is 15.1 Å². The molecule has 0 bridgehead atoms. The zero-order valence-electron chi connectivity index (χ0n) is 14.4. The van der Waals surface area contributed by atoms with E-state index < -0.39 is 5.60 Å². The number of carbonyl (C=O) groups is 1. The first kappa shape index (κ1) is 18.7. The maximum absolute atomic E-state index is 12.5. The van der Waals surface area contributed by atoms with E-state index in [1.807, 2.05) is 32.3 Å². The van der Waals surface area contributed by atoms with E-state index in [0.29, 0.717) is 0 Å². The molecular formula is C20H22BrNO2Se. The van der Waals surface area contributed by atoms with Gasteiger partial charge in [-0.15, -0.1) is 0 Å². The first-order valence-electron chi connectivity index (χ1n) is 8.30. The zero-order valence-corrected chi connectivity index (χ0v) is 17.7. The van der Waals surface area contributed by atoms with Crippen molar-refractivity contribution in [2.24, 2.45) is 5.92 Å². The van der Waals surface area contributed by atoms with E-state index in [0.717, 1.165) is 28.3 Å². The van der Waals surface area contributed by atoms with Crippen LogP contribution in [0, 0.1) is 5.92 Å². The Kier molecular flexibility index (Phi) is 6.00.